The molecule has 152 valence electrons. The Morgan fingerprint density at radius 3 is 2.43 bits per heavy atom. The summed E-state index contributed by atoms with van der Waals surface area (Å²) in [7, 11) is 0. The number of carbonyl (C=O) groups is 1. The molecule has 3 aromatic rings. The molecule has 2 aromatic carbocycles. The van der Waals surface area contributed by atoms with E-state index in [2.05, 4.69) is 21.2 Å². The van der Waals surface area contributed by atoms with Crippen LogP contribution < -0.4 is 9.64 Å². The normalized spacial score (nSPS) is 17.5. The molecule has 0 amide bonds. The summed E-state index contributed by atoms with van der Waals surface area (Å²) in [6.45, 7) is 5.64. The van der Waals surface area contributed by atoms with Crippen LogP contribution in [-0.4, -0.2) is 34.7 Å². The van der Waals surface area contributed by atoms with Gasteiger partial charge in [0.1, 0.15) is 11.4 Å². The van der Waals surface area contributed by atoms with Crippen LogP contribution in [0.15, 0.2) is 54.6 Å². The van der Waals surface area contributed by atoms with E-state index in [1.165, 1.54) is 0 Å². The van der Waals surface area contributed by atoms with E-state index in [4.69, 9.17) is 4.74 Å². The maximum Gasteiger partial charge on any atom is 0.170 e. The van der Waals surface area contributed by atoms with Gasteiger partial charge in [-0.25, -0.2) is 0 Å². The van der Waals surface area contributed by atoms with E-state index in [0.29, 0.717) is 6.42 Å². The smallest absolute Gasteiger partial charge is 0.170 e. The number of ether oxygens (including phenoxy) is 1. The van der Waals surface area contributed by atoms with Crippen molar-refractivity contribution in [3.05, 3.63) is 71.3 Å². The third-order valence-corrected chi connectivity index (χ3v) is 6.24. The first-order chi connectivity index (χ1) is 14.5. The Morgan fingerprint density at radius 1 is 0.967 bits per heavy atom. The lowest BCUT2D eigenvalue weighted by molar-refractivity contribution is 0.0225. The first-order valence-electron chi connectivity index (χ1n) is 10.5. The summed E-state index contributed by atoms with van der Waals surface area (Å²) in [5, 5.41) is 8.87. The number of nitrogens with zero attached hydrogens (tertiary/aromatic N) is 3. The Labute approximate surface area is 176 Å². The predicted molar refractivity (Wildman–Crippen MR) is 117 cm³/mol. The van der Waals surface area contributed by atoms with E-state index in [0.717, 1.165) is 65.4 Å². The second-order valence-electron chi connectivity index (χ2n) is 8.47. The SMILES string of the molecule is Cc1cc(C)c2c(c1)C(=O)CC1(CCN(c3ccc(-c4ccccc4)nn3)CC1)O2. The number of carbonyl (C=O) groups excluding carboxylic acids is 1. The highest BCUT2D eigenvalue weighted by molar-refractivity contribution is 6.01. The molecule has 0 aliphatic carbocycles. The van der Waals surface area contributed by atoms with E-state index in [-0.39, 0.29) is 5.78 Å². The molecule has 0 bridgehead atoms. The summed E-state index contributed by atoms with van der Waals surface area (Å²) in [5.74, 6) is 1.85. The Balaban J connectivity index is 1.31. The molecule has 30 heavy (non-hydrogen) atoms. The van der Waals surface area contributed by atoms with Gasteiger partial charge in [-0.3, -0.25) is 4.79 Å². The number of rotatable bonds is 2. The molecule has 1 aromatic heterocycles. The zero-order valence-corrected chi connectivity index (χ0v) is 17.4. The van der Waals surface area contributed by atoms with Crippen LogP contribution in [0.3, 0.4) is 0 Å². The zero-order valence-electron chi connectivity index (χ0n) is 17.4. The van der Waals surface area contributed by atoms with Crippen molar-refractivity contribution in [2.75, 3.05) is 18.0 Å². The highest BCUT2D eigenvalue weighted by Crippen LogP contribution is 2.41. The molecule has 0 radical (unpaired) electrons. The first-order valence-corrected chi connectivity index (χ1v) is 10.5. The first kappa shape index (κ1) is 18.8. The van der Waals surface area contributed by atoms with Crippen LogP contribution in [0.2, 0.25) is 0 Å². The van der Waals surface area contributed by atoms with Crippen LogP contribution in [0.4, 0.5) is 5.82 Å². The van der Waals surface area contributed by atoms with Crippen molar-refractivity contribution in [3.63, 3.8) is 0 Å². The van der Waals surface area contributed by atoms with E-state index in [1.54, 1.807) is 0 Å². The fourth-order valence-corrected chi connectivity index (χ4v) is 4.62. The summed E-state index contributed by atoms with van der Waals surface area (Å²) in [6, 6.07) is 18.2. The van der Waals surface area contributed by atoms with E-state index in [1.807, 2.05) is 62.4 Å². The molecule has 5 heteroatoms. The van der Waals surface area contributed by atoms with E-state index >= 15 is 0 Å². The molecular formula is C25H25N3O2. The topological polar surface area (TPSA) is 55.3 Å². The molecule has 0 N–H and O–H groups in total. The number of aryl methyl sites for hydroxylation is 2. The van der Waals surface area contributed by atoms with Crippen LogP contribution >= 0.6 is 0 Å². The molecular weight excluding hydrogens is 374 g/mol. The third-order valence-electron chi connectivity index (χ3n) is 6.24. The molecule has 5 nitrogen and oxygen atoms in total. The van der Waals surface area contributed by atoms with E-state index in [9.17, 15) is 4.79 Å². The molecule has 1 saturated heterocycles. The van der Waals surface area contributed by atoms with Crippen molar-refractivity contribution >= 4 is 11.6 Å². The summed E-state index contributed by atoms with van der Waals surface area (Å²) in [4.78, 5) is 15.1. The molecule has 0 unspecified atom stereocenters. The Morgan fingerprint density at radius 2 is 1.73 bits per heavy atom. The lowest BCUT2D eigenvalue weighted by Gasteiger charge is -2.44. The largest absolute Gasteiger partial charge is 0.486 e. The van der Waals surface area contributed by atoms with Gasteiger partial charge in [0, 0.05) is 31.5 Å². The summed E-state index contributed by atoms with van der Waals surface area (Å²) < 4.78 is 6.49. The van der Waals surface area contributed by atoms with Crippen molar-refractivity contribution < 1.29 is 9.53 Å². The minimum atomic E-state index is -0.405. The fourth-order valence-electron chi connectivity index (χ4n) is 4.62. The highest BCUT2D eigenvalue weighted by atomic mass is 16.5. The van der Waals surface area contributed by atoms with Crippen molar-refractivity contribution in [3.8, 4) is 17.0 Å². The summed E-state index contributed by atoms with van der Waals surface area (Å²) in [5.41, 5.74) is 4.42. The molecule has 5 rings (SSSR count). The highest BCUT2D eigenvalue weighted by Gasteiger charge is 2.43. The molecule has 2 aliphatic rings. The van der Waals surface area contributed by atoms with Gasteiger partial charge >= 0.3 is 0 Å². The number of piperidine rings is 1. The molecule has 2 aliphatic heterocycles. The zero-order chi connectivity index (χ0) is 20.7. The predicted octanol–water partition coefficient (Wildman–Crippen LogP) is 4.76. The fraction of sp³-hybridized carbons (Fsp3) is 0.320. The number of fused-ring (bicyclic) bond motifs is 1. The number of ketones is 1. The van der Waals surface area contributed by atoms with Crippen molar-refractivity contribution in [1.29, 1.82) is 0 Å². The average molecular weight is 399 g/mol. The Bertz CT molecular complexity index is 1090. The van der Waals surface area contributed by atoms with Gasteiger partial charge in [-0.05, 0) is 43.2 Å². The number of hydrogen-bond donors (Lipinski definition) is 0. The van der Waals surface area contributed by atoms with Crippen molar-refractivity contribution in [2.24, 2.45) is 0 Å². The number of aromatic nitrogens is 2. The maximum atomic E-state index is 12.9. The summed E-state index contributed by atoms with van der Waals surface area (Å²) in [6.07, 6.45) is 2.05. The molecule has 1 fully saturated rings. The second kappa shape index (κ2) is 7.24. The monoisotopic (exact) mass is 399 g/mol. The van der Waals surface area contributed by atoms with Crippen LogP contribution in [0.25, 0.3) is 11.3 Å². The number of hydrogen-bond acceptors (Lipinski definition) is 5. The molecule has 0 saturated carbocycles. The van der Waals surface area contributed by atoms with Gasteiger partial charge in [0.2, 0.25) is 0 Å². The van der Waals surface area contributed by atoms with Gasteiger partial charge < -0.3 is 9.64 Å². The second-order valence-corrected chi connectivity index (χ2v) is 8.47. The van der Waals surface area contributed by atoms with Crippen molar-refractivity contribution in [2.45, 2.75) is 38.7 Å². The molecule has 0 atom stereocenters. The van der Waals surface area contributed by atoms with E-state index < -0.39 is 5.60 Å². The Kier molecular flexibility index (Phi) is 4.54. The molecule has 1 spiro atoms. The minimum absolute atomic E-state index is 0.198. The summed E-state index contributed by atoms with van der Waals surface area (Å²) >= 11 is 0. The van der Waals surface area contributed by atoms with Crippen LogP contribution in [0.1, 0.15) is 40.7 Å². The Hall–Kier alpha value is -3.21. The number of anilines is 1. The van der Waals surface area contributed by atoms with Crippen LogP contribution in [0.5, 0.6) is 5.75 Å². The molecule has 3 heterocycles. The number of benzene rings is 2. The third kappa shape index (κ3) is 3.34. The quantitative estimate of drug-likeness (QED) is 0.622. The van der Waals surface area contributed by atoms with Gasteiger partial charge in [-0.15, -0.1) is 10.2 Å². The van der Waals surface area contributed by atoms with Gasteiger partial charge in [-0.2, -0.15) is 0 Å². The number of Topliss-reactive ketones (excluding diaryl/α,β-unsaturated/α-hetero) is 1. The average Bonchev–Trinajstić information content (AvgIpc) is 2.76. The van der Waals surface area contributed by atoms with Crippen molar-refractivity contribution in [1.82, 2.24) is 10.2 Å². The van der Waals surface area contributed by atoms with Gasteiger partial charge in [0.25, 0.3) is 0 Å². The van der Waals surface area contributed by atoms with Gasteiger partial charge in [-0.1, -0.05) is 36.4 Å². The minimum Gasteiger partial charge on any atom is -0.486 e. The van der Waals surface area contributed by atoms with Gasteiger partial charge in [0.15, 0.2) is 11.6 Å². The maximum absolute atomic E-state index is 12.9. The van der Waals surface area contributed by atoms with Crippen LogP contribution in [-0.2, 0) is 0 Å². The van der Waals surface area contributed by atoms with Gasteiger partial charge in [0.05, 0.1) is 17.7 Å². The standard InChI is InChI=1S/C25H25N3O2/c1-17-14-18(2)24-20(15-17)22(29)16-25(30-24)10-12-28(13-11-25)23-9-8-21(26-27-23)19-6-4-3-5-7-19/h3-9,14-15H,10-13,16H2,1-2H3. The lowest BCUT2D eigenvalue weighted by Crippen LogP contribution is -2.51. The lowest BCUT2D eigenvalue weighted by atomic mass is 9.81. The van der Waals surface area contributed by atoms with Crippen LogP contribution in [0, 0.1) is 13.8 Å².